The fraction of sp³-hybridized carbons (Fsp3) is 0.350. The number of nitrogens with zero attached hydrogens (tertiary/aromatic N) is 4. The van der Waals surface area contributed by atoms with E-state index in [1.165, 1.54) is 0 Å². The molecule has 3 aromatic rings. The van der Waals surface area contributed by atoms with Gasteiger partial charge in [0.1, 0.15) is 17.9 Å². The van der Waals surface area contributed by atoms with Crippen LogP contribution in [0.2, 0.25) is 0 Å². The minimum atomic E-state index is -0.475. The average Bonchev–Trinajstić information content (AvgIpc) is 3.15. The number of rotatable bonds is 5. The van der Waals surface area contributed by atoms with E-state index < -0.39 is 6.09 Å². The number of carbonyl (C=O) groups excluding carboxylic acids is 1. The zero-order valence-corrected chi connectivity index (χ0v) is 15.9. The molecule has 0 bridgehead atoms. The van der Waals surface area contributed by atoms with Gasteiger partial charge < -0.3 is 24.8 Å². The van der Waals surface area contributed by atoms with Gasteiger partial charge in [0.05, 0.1) is 12.2 Å². The summed E-state index contributed by atoms with van der Waals surface area (Å²) in [6, 6.07) is 11.6. The SMILES string of the molecule is CN1CCN(c2ccnc3nc(CNC(=O)OCc4ccccc4)[nH]c23)CC1. The number of ether oxygens (including phenoxy) is 1. The monoisotopic (exact) mass is 380 g/mol. The van der Waals surface area contributed by atoms with Crippen LogP contribution in [0.25, 0.3) is 11.2 Å². The molecule has 1 saturated heterocycles. The number of anilines is 1. The normalized spacial score (nSPS) is 15.0. The molecule has 1 aliphatic heterocycles. The highest BCUT2D eigenvalue weighted by Gasteiger charge is 2.18. The first-order valence-corrected chi connectivity index (χ1v) is 9.41. The Kier molecular flexibility index (Phi) is 5.38. The molecule has 1 aliphatic rings. The lowest BCUT2D eigenvalue weighted by atomic mass is 10.2. The van der Waals surface area contributed by atoms with E-state index >= 15 is 0 Å². The van der Waals surface area contributed by atoms with Crippen LogP contribution in [0.3, 0.4) is 0 Å². The number of hydrogen-bond donors (Lipinski definition) is 2. The summed E-state index contributed by atoms with van der Waals surface area (Å²) in [7, 11) is 2.14. The van der Waals surface area contributed by atoms with Crippen LogP contribution in [0, 0.1) is 0 Å². The van der Waals surface area contributed by atoms with Crippen LogP contribution in [0.4, 0.5) is 10.5 Å². The molecule has 1 amide bonds. The fourth-order valence-corrected chi connectivity index (χ4v) is 3.27. The van der Waals surface area contributed by atoms with Gasteiger partial charge in [-0.1, -0.05) is 30.3 Å². The molecule has 28 heavy (non-hydrogen) atoms. The second-order valence-electron chi connectivity index (χ2n) is 6.92. The first-order chi connectivity index (χ1) is 13.7. The maximum Gasteiger partial charge on any atom is 0.407 e. The molecule has 4 rings (SSSR count). The predicted molar refractivity (Wildman–Crippen MR) is 107 cm³/mol. The van der Waals surface area contributed by atoms with E-state index in [-0.39, 0.29) is 13.2 Å². The van der Waals surface area contributed by atoms with Gasteiger partial charge in [-0.25, -0.2) is 14.8 Å². The van der Waals surface area contributed by atoms with E-state index in [2.05, 4.69) is 37.1 Å². The highest BCUT2D eigenvalue weighted by Crippen LogP contribution is 2.24. The number of carbonyl (C=O) groups is 1. The molecule has 146 valence electrons. The van der Waals surface area contributed by atoms with E-state index in [1.807, 2.05) is 36.4 Å². The molecule has 8 heteroatoms. The van der Waals surface area contributed by atoms with Gasteiger partial charge in [-0.05, 0) is 18.7 Å². The van der Waals surface area contributed by atoms with Gasteiger partial charge in [0.15, 0.2) is 5.65 Å². The summed E-state index contributed by atoms with van der Waals surface area (Å²) in [4.78, 5) is 28.8. The first kappa shape index (κ1) is 18.2. The molecular formula is C20H24N6O2. The molecule has 0 unspecified atom stereocenters. The summed E-state index contributed by atoms with van der Waals surface area (Å²) >= 11 is 0. The lowest BCUT2D eigenvalue weighted by Crippen LogP contribution is -2.44. The maximum atomic E-state index is 11.9. The van der Waals surface area contributed by atoms with Crippen LogP contribution in [-0.4, -0.2) is 59.2 Å². The first-order valence-electron chi connectivity index (χ1n) is 9.41. The van der Waals surface area contributed by atoms with E-state index in [9.17, 15) is 4.79 Å². The summed E-state index contributed by atoms with van der Waals surface area (Å²) in [5.74, 6) is 0.653. The van der Waals surface area contributed by atoms with Crippen molar-refractivity contribution in [3.8, 4) is 0 Å². The third-order valence-electron chi connectivity index (χ3n) is 4.88. The van der Waals surface area contributed by atoms with Crippen molar-refractivity contribution in [1.82, 2.24) is 25.2 Å². The molecule has 1 fully saturated rings. The molecule has 1 aromatic carbocycles. The quantitative estimate of drug-likeness (QED) is 0.705. The number of hydrogen-bond acceptors (Lipinski definition) is 6. The number of fused-ring (bicyclic) bond motifs is 1. The smallest absolute Gasteiger partial charge is 0.407 e. The molecule has 0 saturated carbocycles. The van der Waals surface area contributed by atoms with Gasteiger partial charge in [-0.3, -0.25) is 0 Å². The van der Waals surface area contributed by atoms with Gasteiger partial charge in [0.2, 0.25) is 0 Å². The predicted octanol–water partition coefficient (Wildman–Crippen LogP) is 2.14. The van der Waals surface area contributed by atoms with Crippen LogP contribution < -0.4 is 10.2 Å². The van der Waals surface area contributed by atoms with Crippen molar-refractivity contribution in [2.45, 2.75) is 13.2 Å². The molecule has 8 nitrogen and oxygen atoms in total. The summed E-state index contributed by atoms with van der Waals surface area (Å²) in [5.41, 5.74) is 3.61. The molecule has 3 heterocycles. The van der Waals surface area contributed by atoms with Crippen molar-refractivity contribution in [1.29, 1.82) is 0 Å². The van der Waals surface area contributed by atoms with Crippen molar-refractivity contribution in [3.63, 3.8) is 0 Å². The topological polar surface area (TPSA) is 86.4 Å². The summed E-state index contributed by atoms with van der Waals surface area (Å²) < 4.78 is 5.23. The Balaban J connectivity index is 1.38. The van der Waals surface area contributed by atoms with Gasteiger partial charge in [-0.2, -0.15) is 0 Å². The fourth-order valence-electron chi connectivity index (χ4n) is 3.27. The Morgan fingerprint density at radius 1 is 1.18 bits per heavy atom. The number of nitrogens with one attached hydrogen (secondary N) is 2. The van der Waals surface area contributed by atoms with Crippen LogP contribution >= 0.6 is 0 Å². The third kappa shape index (κ3) is 4.23. The van der Waals surface area contributed by atoms with Crippen molar-refractivity contribution >= 4 is 22.9 Å². The largest absolute Gasteiger partial charge is 0.445 e. The van der Waals surface area contributed by atoms with E-state index in [0.717, 1.165) is 42.9 Å². The summed E-state index contributed by atoms with van der Waals surface area (Å²) in [6.07, 6.45) is 1.30. The number of aromatic amines is 1. The number of alkyl carbamates (subject to hydrolysis) is 1. The maximum absolute atomic E-state index is 11.9. The summed E-state index contributed by atoms with van der Waals surface area (Å²) in [6.45, 7) is 4.48. The van der Waals surface area contributed by atoms with E-state index in [1.54, 1.807) is 6.20 Å². The highest BCUT2D eigenvalue weighted by molar-refractivity contribution is 5.86. The van der Waals surface area contributed by atoms with Crippen LogP contribution in [-0.2, 0) is 17.9 Å². The second-order valence-corrected chi connectivity index (χ2v) is 6.92. The van der Waals surface area contributed by atoms with Crippen molar-refractivity contribution < 1.29 is 9.53 Å². The number of amides is 1. The van der Waals surface area contributed by atoms with Crippen LogP contribution in [0.15, 0.2) is 42.6 Å². The van der Waals surface area contributed by atoms with Gasteiger partial charge in [-0.15, -0.1) is 0 Å². The van der Waals surface area contributed by atoms with Crippen molar-refractivity contribution in [2.75, 3.05) is 38.1 Å². The van der Waals surface area contributed by atoms with Crippen molar-refractivity contribution in [3.05, 3.63) is 54.0 Å². The van der Waals surface area contributed by atoms with Gasteiger partial charge in [0, 0.05) is 32.4 Å². The van der Waals surface area contributed by atoms with Gasteiger partial charge in [0.25, 0.3) is 0 Å². The molecular weight excluding hydrogens is 356 g/mol. The van der Waals surface area contributed by atoms with Crippen LogP contribution in [0.1, 0.15) is 11.4 Å². The number of likely N-dealkylation sites (N-methyl/N-ethyl adjacent to an activating group) is 1. The number of piperazine rings is 1. The number of pyridine rings is 1. The number of imidazole rings is 1. The minimum absolute atomic E-state index is 0.238. The molecule has 0 atom stereocenters. The highest BCUT2D eigenvalue weighted by atomic mass is 16.5. The number of benzene rings is 1. The second kappa shape index (κ2) is 8.26. The zero-order valence-electron chi connectivity index (χ0n) is 15.9. The van der Waals surface area contributed by atoms with Gasteiger partial charge >= 0.3 is 6.09 Å². The third-order valence-corrected chi connectivity index (χ3v) is 4.88. The summed E-state index contributed by atoms with van der Waals surface area (Å²) in [5, 5.41) is 2.73. The standard InChI is InChI=1S/C20H24N6O2/c1-25-9-11-26(12-10-25)16-7-8-21-19-18(16)23-17(24-19)13-22-20(27)28-14-15-5-3-2-4-6-15/h2-8H,9-14H2,1H3,(H,22,27)(H,21,23,24). The Labute approximate surface area is 163 Å². The van der Waals surface area contributed by atoms with Crippen LogP contribution in [0.5, 0.6) is 0 Å². The Bertz CT molecular complexity index is 934. The van der Waals surface area contributed by atoms with E-state index in [4.69, 9.17) is 4.74 Å². The molecule has 0 aliphatic carbocycles. The zero-order chi connectivity index (χ0) is 19.3. The lowest BCUT2D eigenvalue weighted by Gasteiger charge is -2.34. The molecule has 2 N–H and O–H groups in total. The van der Waals surface area contributed by atoms with E-state index in [0.29, 0.717) is 11.5 Å². The number of H-pyrrole nitrogens is 1. The minimum Gasteiger partial charge on any atom is -0.445 e. The molecule has 0 spiro atoms. The average molecular weight is 380 g/mol. The molecule has 2 aromatic heterocycles. The Morgan fingerprint density at radius 3 is 2.75 bits per heavy atom. The number of aromatic nitrogens is 3. The molecule has 0 radical (unpaired) electrons. The lowest BCUT2D eigenvalue weighted by molar-refractivity contribution is 0.139. The Hall–Kier alpha value is -3.13. The Morgan fingerprint density at radius 2 is 1.96 bits per heavy atom. The van der Waals surface area contributed by atoms with Crippen molar-refractivity contribution in [2.24, 2.45) is 0 Å².